The standard InChI is InChI=1S/C38H40Cl2N2O4/c1-17(2)21-11-9-12-22(18(3)4)33(21)41-35-31(39)29-30(38(46)28-26(44)16-15-25(43)27(28)37(29)45)32(40)36(35)42-34-23(19(5)6)13-10-14-24(34)20(7)8/h9-20,41-44H,1-8H3. The van der Waals surface area contributed by atoms with Crippen LogP contribution in [0.3, 0.4) is 0 Å². The van der Waals surface area contributed by atoms with Crippen molar-refractivity contribution in [1.82, 2.24) is 0 Å². The van der Waals surface area contributed by atoms with E-state index in [1.807, 2.05) is 12.1 Å². The number of aromatic hydroxyl groups is 2. The molecule has 0 aliphatic heterocycles. The SMILES string of the molecule is CC(C)c1cccc(C(C)C)c1Nc1c(Cl)c2c(c(Cl)c1Nc1c(C(C)C)cccc1C(C)C)C(=O)c1c(O)ccc(O)c1C2=O. The van der Waals surface area contributed by atoms with Gasteiger partial charge in [-0.2, -0.15) is 0 Å². The van der Waals surface area contributed by atoms with Crippen molar-refractivity contribution < 1.29 is 19.8 Å². The van der Waals surface area contributed by atoms with Crippen molar-refractivity contribution >= 4 is 57.5 Å². The lowest BCUT2D eigenvalue weighted by Gasteiger charge is -2.29. The molecule has 0 amide bonds. The Bertz CT molecular complexity index is 1710. The van der Waals surface area contributed by atoms with E-state index in [0.29, 0.717) is 11.4 Å². The van der Waals surface area contributed by atoms with Gasteiger partial charge in [0.25, 0.3) is 0 Å². The molecule has 4 N–H and O–H groups in total. The fraction of sp³-hybridized carbons (Fsp3) is 0.316. The molecule has 0 unspecified atom stereocenters. The number of hydrogen-bond donors (Lipinski definition) is 4. The molecular weight excluding hydrogens is 619 g/mol. The van der Waals surface area contributed by atoms with E-state index >= 15 is 0 Å². The third-order valence-corrected chi connectivity index (χ3v) is 9.45. The van der Waals surface area contributed by atoms with Crippen LogP contribution in [0.5, 0.6) is 11.5 Å². The summed E-state index contributed by atoms with van der Waals surface area (Å²) in [7, 11) is 0. The van der Waals surface area contributed by atoms with Gasteiger partial charge < -0.3 is 20.8 Å². The Kier molecular flexibility index (Phi) is 9.18. The first-order valence-corrected chi connectivity index (χ1v) is 16.4. The van der Waals surface area contributed by atoms with E-state index < -0.39 is 23.1 Å². The lowest BCUT2D eigenvalue weighted by Crippen LogP contribution is -2.23. The van der Waals surface area contributed by atoms with E-state index in [-0.39, 0.29) is 56.0 Å². The first kappa shape index (κ1) is 33.4. The van der Waals surface area contributed by atoms with Crippen molar-refractivity contribution in [3.63, 3.8) is 0 Å². The van der Waals surface area contributed by atoms with Crippen LogP contribution >= 0.6 is 23.2 Å². The molecule has 5 rings (SSSR count). The van der Waals surface area contributed by atoms with E-state index in [1.165, 1.54) is 12.1 Å². The number of benzene rings is 4. The number of phenols is 2. The van der Waals surface area contributed by atoms with Crippen molar-refractivity contribution in [3.8, 4) is 11.5 Å². The highest BCUT2D eigenvalue weighted by Crippen LogP contribution is 2.52. The van der Waals surface area contributed by atoms with E-state index in [9.17, 15) is 19.8 Å². The van der Waals surface area contributed by atoms with E-state index in [2.05, 4.69) is 90.3 Å². The minimum Gasteiger partial charge on any atom is -0.507 e. The minimum absolute atomic E-state index is 0.0185. The third kappa shape index (κ3) is 5.52. The normalized spacial score (nSPS) is 12.7. The van der Waals surface area contributed by atoms with Crippen molar-refractivity contribution in [2.45, 2.75) is 79.1 Å². The fourth-order valence-corrected chi connectivity index (χ4v) is 6.93. The summed E-state index contributed by atoms with van der Waals surface area (Å²) < 4.78 is 0. The zero-order valence-corrected chi connectivity index (χ0v) is 28.9. The summed E-state index contributed by atoms with van der Waals surface area (Å²) in [6.07, 6.45) is 0. The number of nitrogens with one attached hydrogen (secondary N) is 2. The van der Waals surface area contributed by atoms with Gasteiger partial charge >= 0.3 is 0 Å². The number of halogens is 2. The molecule has 6 nitrogen and oxygen atoms in total. The van der Waals surface area contributed by atoms with Crippen LogP contribution in [0.4, 0.5) is 22.7 Å². The van der Waals surface area contributed by atoms with Crippen LogP contribution in [-0.4, -0.2) is 21.8 Å². The Morgan fingerprint density at radius 2 is 0.761 bits per heavy atom. The third-order valence-electron chi connectivity index (χ3n) is 8.69. The molecule has 1 aliphatic rings. The van der Waals surface area contributed by atoms with Crippen molar-refractivity contribution in [1.29, 1.82) is 0 Å². The van der Waals surface area contributed by atoms with Crippen LogP contribution in [0.1, 0.15) is 133 Å². The molecule has 0 spiro atoms. The van der Waals surface area contributed by atoms with Gasteiger partial charge in [0.15, 0.2) is 11.6 Å². The molecule has 4 aromatic rings. The van der Waals surface area contributed by atoms with Gasteiger partial charge in [-0.3, -0.25) is 9.59 Å². The number of phenolic OH excluding ortho intramolecular Hbond substituents is 2. The van der Waals surface area contributed by atoms with Gasteiger partial charge in [0.1, 0.15) is 11.5 Å². The van der Waals surface area contributed by atoms with Crippen molar-refractivity contribution in [2.24, 2.45) is 0 Å². The van der Waals surface area contributed by atoms with Crippen LogP contribution in [0.25, 0.3) is 0 Å². The molecule has 8 heteroatoms. The molecule has 0 heterocycles. The largest absolute Gasteiger partial charge is 0.507 e. The Balaban J connectivity index is 1.89. The van der Waals surface area contributed by atoms with E-state index in [0.717, 1.165) is 33.6 Å². The summed E-state index contributed by atoms with van der Waals surface area (Å²) in [5.74, 6) is -1.68. The van der Waals surface area contributed by atoms with Gasteiger partial charge in [-0.1, -0.05) is 115 Å². The smallest absolute Gasteiger partial charge is 0.200 e. The second-order valence-corrected chi connectivity index (χ2v) is 13.9. The molecule has 4 aromatic carbocycles. The maximum Gasteiger partial charge on any atom is 0.200 e. The van der Waals surface area contributed by atoms with Crippen molar-refractivity contribution in [3.05, 3.63) is 103 Å². The molecule has 0 fully saturated rings. The molecular formula is C38H40Cl2N2O4. The van der Waals surface area contributed by atoms with Crippen LogP contribution in [-0.2, 0) is 0 Å². The summed E-state index contributed by atoms with van der Waals surface area (Å²) in [6, 6.07) is 14.6. The average Bonchev–Trinajstić information content (AvgIpc) is 2.99. The molecule has 0 bridgehead atoms. The number of rotatable bonds is 8. The molecule has 0 aromatic heterocycles. The second kappa shape index (κ2) is 12.7. The first-order valence-electron chi connectivity index (χ1n) is 15.7. The molecule has 1 aliphatic carbocycles. The lowest BCUT2D eigenvalue weighted by atomic mass is 9.82. The van der Waals surface area contributed by atoms with Gasteiger partial charge in [-0.25, -0.2) is 0 Å². The Morgan fingerprint density at radius 1 is 0.478 bits per heavy atom. The van der Waals surface area contributed by atoms with Gasteiger partial charge in [0.05, 0.1) is 43.7 Å². The zero-order valence-electron chi connectivity index (χ0n) is 27.4. The topological polar surface area (TPSA) is 98.7 Å². The highest BCUT2D eigenvalue weighted by Gasteiger charge is 2.40. The number of ketones is 2. The van der Waals surface area contributed by atoms with Gasteiger partial charge in [0, 0.05) is 11.4 Å². The molecule has 0 atom stereocenters. The fourth-order valence-electron chi connectivity index (χ4n) is 6.28. The van der Waals surface area contributed by atoms with Crippen LogP contribution in [0, 0.1) is 0 Å². The Morgan fingerprint density at radius 3 is 1.02 bits per heavy atom. The van der Waals surface area contributed by atoms with Gasteiger partial charge in [-0.05, 0) is 58.1 Å². The molecule has 46 heavy (non-hydrogen) atoms. The molecule has 0 radical (unpaired) electrons. The number of carbonyl (C=O) groups is 2. The highest BCUT2D eigenvalue weighted by atomic mass is 35.5. The van der Waals surface area contributed by atoms with Gasteiger partial charge in [0.2, 0.25) is 0 Å². The first-order chi connectivity index (χ1) is 21.7. The zero-order chi connectivity index (χ0) is 33.8. The minimum atomic E-state index is -0.703. The average molecular weight is 660 g/mol. The Labute approximate surface area is 280 Å². The summed E-state index contributed by atoms with van der Waals surface area (Å²) in [6.45, 7) is 16.8. The Hall–Kier alpha value is -4.00. The second-order valence-electron chi connectivity index (χ2n) is 13.1. The molecule has 0 saturated heterocycles. The number of anilines is 4. The maximum atomic E-state index is 14.1. The summed E-state index contributed by atoms with van der Waals surface area (Å²) >= 11 is 14.5. The quantitative estimate of drug-likeness (QED) is 0.124. The number of para-hydroxylation sites is 2. The van der Waals surface area contributed by atoms with Crippen LogP contribution in [0.15, 0.2) is 48.5 Å². The highest BCUT2D eigenvalue weighted by molar-refractivity contribution is 6.47. The predicted molar refractivity (Wildman–Crippen MR) is 189 cm³/mol. The van der Waals surface area contributed by atoms with E-state index in [1.54, 1.807) is 0 Å². The van der Waals surface area contributed by atoms with Crippen molar-refractivity contribution in [2.75, 3.05) is 10.6 Å². The monoisotopic (exact) mass is 658 g/mol. The lowest BCUT2D eigenvalue weighted by molar-refractivity contribution is 0.0974. The summed E-state index contributed by atoms with van der Waals surface area (Å²) in [5, 5.41) is 28.5. The number of fused-ring (bicyclic) bond motifs is 2. The summed E-state index contributed by atoms with van der Waals surface area (Å²) in [4.78, 5) is 28.2. The van der Waals surface area contributed by atoms with E-state index in [4.69, 9.17) is 23.2 Å². The number of carbonyl (C=O) groups excluding carboxylic acids is 2. The van der Waals surface area contributed by atoms with Gasteiger partial charge in [-0.15, -0.1) is 0 Å². The van der Waals surface area contributed by atoms with Crippen LogP contribution in [0.2, 0.25) is 10.0 Å². The summed E-state index contributed by atoms with van der Waals surface area (Å²) in [5.41, 5.74) is 5.64. The predicted octanol–water partition coefficient (Wildman–Crippen LogP) is 11.2. The maximum absolute atomic E-state index is 14.1. The molecule has 0 saturated carbocycles. The molecule has 240 valence electrons. The number of hydrogen-bond acceptors (Lipinski definition) is 6. The van der Waals surface area contributed by atoms with Crippen LogP contribution < -0.4 is 10.6 Å².